The Morgan fingerprint density at radius 3 is 2.60 bits per heavy atom. The van der Waals surface area contributed by atoms with Gasteiger partial charge in [0.05, 0.1) is 26.9 Å². The first kappa shape index (κ1) is 23.6. The molecule has 3 heterocycles. The molecule has 1 amide bonds. The highest BCUT2D eigenvalue weighted by molar-refractivity contribution is 5.96. The molecule has 5 rings (SSSR count). The molecule has 0 bridgehead atoms. The molecule has 0 radical (unpaired) electrons. The SMILES string of the molecule is COc1ccc(N2CCN(CC(=O)N3CCOCC3)[C@@H](Cc3ccccc3)C2)c2ccc(C)nc12. The summed E-state index contributed by atoms with van der Waals surface area (Å²) in [6, 6.07) is 19.2. The number of hydrogen-bond acceptors (Lipinski definition) is 6. The van der Waals surface area contributed by atoms with Gasteiger partial charge >= 0.3 is 0 Å². The molecule has 0 saturated carbocycles. The normalized spacial score (nSPS) is 19.2. The summed E-state index contributed by atoms with van der Waals surface area (Å²) in [5, 5.41) is 1.10. The van der Waals surface area contributed by atoms with Crippen LogP contribution in [0.1, 0.15) is 11.3 Å². The van der Waals surface area contributed by atoms with Crippen molar-refractivity contribution in [3.63, 3.8) is 0 Å². The second kappa shape index (κ2) is 10.6. The van der Waals surface area contributed by atoms with Crippen molar-refractivity contribution in [3.05, 3.63) is 65.9 Å². The summed E-state index contributed by atoms with van der Waals surface area (Å²) in [5.41, 5.74) is 4.33. The standard InChI is InChI=1S/C28H34N4O3/c1-21-8-9-24-25(10-11-26(34-2)28(24)29-21)32-13-12-31(20-27(33)30-14-16-35-17-15-30)23(19-32)18-22-6-4-3-5-7-22/h3-11,23H,12-20H2,1-2H3/t23-/m0/s1. The van der Waals surface area contributed by atoms with Crippen molar-refractivity contribution in [2.75, 3.05) is 64.5 Å². The number of fused-ring (bicyclic) bond motifs is 1. The van der Waals surface area contributed by atoms with Gasteiger partial charge in [0.2, 0.25) is 5.91 Å². The van der Waals surface area contributed by atoms with Crippen LogP contribution in [0.25, 0.3) is 10.9 Å². The van der Waals surface area contributed by atoms with Crippen LogP contribution in [0.5, 0.6) is 5.75 Å². The number of pyridine rings is 1. The van der Waals surface area contributed by atoms with E-state index in [2.05, 4.69) is 58.3 Å². The van der Waals surface area contributed by atoms with Crippen molar-refractivity contribution < 1.29 is 14.3 Å². The summed E-state index contributed by atoms with van der Waals surface area (Å²) in [6.07, 6.45) is 0.902. The second-order valence-corrected chi connectivity index (χ2v) is 9.39. The highest BCUT2D eigenvalue weighted by Crippen LogP contribution is 2.34. The zero-order valence-corrected chi connectivity index (χ0v) is 20.7. The quantitative estimate of drug-likeness (QED) is 0.547. The van der Waals surface area contributed by atoms with Gasteiger partial charge in [-0.15, -0.1) is 0 Å². The van der Waals surface area contributed by atoms with Gasteiger partial charge in [0.25, 0.3) is 0 Å². The summed E-state index contributed by atoms with van der Waals surface area (Å²) >= 11 is 0. The maximum atomic E-state index is 13.1. The zero-order valence-electron chi connectivity index (χ0n) is 20.7. The lowest BCUT2D eigenvalue weighted by atomic mass is 10.0. The first-order chi connectivity index (χ1) is 17.1. The Bertz CT molecular complexity index is 1160. The molecule has 35 heavy (non-hydrogen) atoms. The van der Waals surface area contributed by atoms with E-state index in [0.29, 0.717) is 32.8 Å². The number of methoxy groups -OCH3 is 1. The molecule has 2 fully saturated rings. The average Bonchev–Trinajstić information content (AvgIpc) is 2.90. The highest BCUT2D eigenvalue weighted by Gasteiger charge is 2.31. The molecule has 1 aromatic heterocycles. The number of carbonyl (C=O) groups excluding carboxylic acids is 1. The van der Waals surface area contributed by atoms with E-state index in [1.807, 2.05) is 17.9 Å². The van der Waals surface area contributed by atoms with Gasteiger partial charge in [-0.2, -0.15) is 0 Å². The Morgan fingerprint density at radius 1 is 1.03 bits per heavy atom. The van der Waals surface area contributed by atoms with E-state index in [0.717, 1.165) is 48.4 Å². The number of morpholine rings is 1. The minimum Gasteiger partial charge on any atom is -0.494 e. The molecular formula is C28H34N4O3. The molecule has 2 saturated heterocycles. The molecule has 2 aliphatic heterocycles. The second-order valence-electron chi connectivity index (χ2n) is 9.39. The van der Waals surface area contributed by atoms with E-state index >= 15 is 0 Å². The first-order valence-electron chi connectivity index (χ1n) is 12.4. The number of piperazine rings is 1. The molecule has 0 unspecified atom stereocenters. The number of rotatable bonds is 6. The lowest BCUT2D eigenvalue weighted by Gasteiger charge is -2.43. The van der Waals surface area contributed by atoms with Crippen molar-refractivity contribution in [1.82, 2.24) is 14.8 Å². The maximum absolute atomic E-state index is 13.1. The molecule has 0 aliphatic carbocycles. The molecule has 0 N–H and O–H groups in total. The van der Waals surface area contributed by atoms with Gasteiger partial charge in [-0.1, -0.05) is 30.3 Å². The van der Waals surface area contributed by atoms with Gasteiger partial charge in [-0.05, 0) is 43.2 Å². The number of benzene rings is 2. The van der Waals surface area contributed by atoms with Gasteiger partial charge in [-0.25, -0.2) is 4.98 Å². The molecule has 2 aromatic carbocycles. The third-order valence-corrected chi connectivity index (χ3v) is 7.12. The number of hydrogen-bond donors (Lipinski definition) is 0. The number of aryl methyl sites for hydroxylation is 1. The molecule has 2 aliphatic rings. The first-order valence-corrected chi connectivity index (χ1v) is 12.4. The van der Waals surface area contributed by atoms with Crippen LogP contribution in [-0.4, -0.2) is 86.3 Å². The van der Waals surface area contributed by atoms with Crippen molar-refractivity contribution in [3.8, 4) is 5.75 Å². The molecule has 184 valence electrons. The number of carbonyl (C=O) groups is 1. The van der Waals surface area contributed by atoms with E-state index < -0.39 is 0 Å². The lowest BCUT2D eigenvalue weighted by Crippen LogP contribution is -2.57. The number of nitrogens with zero attached hydrogens (tertiary/aromatic N) is 4. The monoisotopic (exact) mass is 474 g/mol. The van der Waals surface area contributed by atoms with Crippen molar-refractivity contribution in [2.24, 2.45) is 0 Å². The van der Waals surface area contributed by atoms with Crippen molar-refractivity contribution in [1.29, 1.82) is 0 Å². The summed E-state index contributed by atoms with van der Waals surface area (Å²) in [7, 11) is 1.69. The zero-order chi connectivity index (χ0) is 24.2. The van der Waals surface area contributed by atoms with Crippen LogP contribution in [0.2, 0.25) is 0 Å². The van der Waals surface area contributed by atoms with Crippen LogP contribution in [-0.2, 0) is 16.0 Å². The van der Waals surface area contributed by atoms with Crippen molar-refractivity contribution in [2.45, 2.75) is 19.4 Å². The minimum atomic E-state index is 0.203. The van der Waals surface area contributed by atoms with E-state index in [1.54, 1.807) is 7.11 Å². The van der Waals surface area contributed by atoms with Gasteiger partial charge in [0.15, 0.2) is 0 Å². The third kappa shape index (κ3) is 5.26. The molecule has 7 nitrogen and oxygen atoms in total. The van der Waals surface area contributed by atoms with Crippen LogP contribution < -0.4 is 9.64 Å². The van der Waals surface area contributed by atoms with E-state index in [4.69, 9.17) is 14.5 Å². The molecular weight excluding hydrogens is 440 g/mol. The summed E-state index contributed by atoms with van der Waals surface area (Å²) in [5.74, 6) is 0.998. The lowest BCUT2D eigenvalue weighted by molar-refractivity contribution is -0.137. The number of anilines is 1. The van der Waals surface area contributed by atoms with Crippen LogP contribution in [0.4, 0.5) is 5.69 Å². The Hall–Kier alpha value is -3.16. The van der Waals surface area contributed by atoms with Gasteiger partial charge in [-0.3, -0.25) is 9.69 Å². The van der Waals surface area contributed by atoms with Crippen LogP contribution in [0, 0.1) is 6.92 Å². The fourth-order valence-electron chi connectivity index (χ4n) is 5.20. The van der Waals surface area contributed by atoms with Gasteiger partial charge < -0.3 is 19.3 Å². The molecule has 3 aromatic rings. The fourth-order valence-corrected chi connectivity index (χ4v) is 5.20. The predicted octanol–water partition coefficient (Wildman–Crippen LogP) is 3.14. The predicted molar refractivity (Wildman–Crippen MR) is 138 cm³/mol. The summed E-state index contributed by atoms with van der Waals surface area (Å²) < 4.78 is 11.0. The van der Waals surface area contributed by atoms with Crippen molar-refractivity contribution >= 4 is 22.5 Å². The highest BCUT2D eigenvalue weighted by atomic mass is 16.5. The maximum Gasteiger partial charge on any atom is 0.236 e. The fraction of sp³-hybridized carbons (Fsp3) is 0.429. The van der Waals surface area contributed by atoms with Crippen LogP contribution in [0.15, 0.2) is 54.6 Å². The van der Waals surface area contributed by atoms with Crippen LogP contribution in [0.3, 0.4) is 0 Å². The molecule has 0 spiro atoms. The van der Waals surface area contributed by atoms with E-state index in [1.165, 1.54) is 11.3 Å². The summed E-state index contributed by atoms with van der Waals surface area (Å²) in [4.78, 5) is 24.6. The molecule has 1 atom stereocenters. The molecule has 7 heteroatoms. The average molecular weight is 475 g/mol. The van der Waals surface area contributed by atoms with Crippen LogP contribution >= 0.6 is 0 Å². The van der Waals surface area contributed by atoms with E-state index in [9.17, 15) is 4.79 Å². The number of ether oxygens (including phenoxy) is 2. The third-order valence-electron chi connectivity index (χ3n) is 7.12. The minimum absolute atomic E-state index is 0.203. The Balaban J connectivity index is 1.40. The smallest absolute Gasteiger partial charge is 0.236 e. The number of amides is 1. The van der Waals surface area contributed by atoms with E-state index in [-0.39, 0.29) is 11.9 Å². The number of aromatic nitrogens is 1. The van der Waals surface area contributed by atoms with Gasteiger partial charge in [0.1, 0.15) is 11.3 Å². The topological polar surface area (TPSA) is 58.1 Å². The van der Waals surface area contributed by atoms with Gasteiger partial charge in [0, 0.05) is 55.5 Å². The largest absolute Gasteiger partial charge is 0.494 e. The Morgan fingerprint density at radius 2 is 1.83 bits per heavy atom. The Labute approximate surface area is 207 Å². The summed E-state index contributed by atoms with van der Waals surface area (Å²) in [6.45, 7) is 7.63. The Kier molecular flexibility index (Phi) is 7.16.